The summed E-state index contributed by atoms with van der Waals surface area (Å²) >= 11 is -0.826. The zero-order valence-electron chi connectivity index (χ0n) is 17.0. The molecule has 4 aliphatic carbocycles. The summed E-state index contributed by atoms with van der Waals surface area (Å²) in [5.74, 6) is 5.39. The van der Waals surface area contributed by atoms with E-state index in [0.29, 0.717) is 0 Å². The molecule has 28 heavy (non-hydrogen) atoms. The SMILES string of the molecule is C.C1=CC2CCC(CCCC3CCC4C=CC=CC43)C2C=C1.[CH2-]C.[CH3-].[Cl][Zr+2][Cl]. The quantitative estimate of drug-likeness (QED) is 0.337. The molecule has 0 aromatic rings. The molecule has 0 spiro atoms. The summed E-state index contributed by atoms with van der Waals surface area (Å²) in [5.41, 5.74) is 0. The first-order valence-corrected chi connectivity index (χ1v) is 16.5. The molecule has 0 saturated heterocycles. The van der Waals surface area contributed by atoms with Crippen LogP contribution in [0.15, 0.2) is 48.6 Å². The van der Waals surface area contributed by atoms with Gasteiger partial charge in [0.05, 0.1) is 0 Å². The fourth-order valence-electron chi connectivity index (χ4n) is 5.45. The molecule has 4 rings (SSSR count). The van der Waals surface area contributed by atoms with E-state index in [1.807, 2.05) is 0 Å². The Kier molecular flexibility index (Phi) is 16.4. The van der Waals surface area contributed by atoms with Gasteiger partial charge in [0, 0.05) is 0 Å². The van der Waals surface area contributed by atoms with Crippen LogP contribution < -0.4 is 0 Å². The summed E-state index contributed by atoms with van der Waals surface area (Å²) in [7, 11) is 9.87. The van der Waals surface area contributed by atoms with Crippen molar-refractivity contribution in [3.05, 3.63) is 63.0 Å². The van der Waals surface area contributed by atoms with Crippen molar-refractivity contribution in [2.45, 2.75) is 59.3 Å². The van der Waals surface area contributed by atoms with Crippen LogP contribution in [-0.4, -0.2) is 0 Å². The number of allylic oxidation sites excluding steroid dienone is 8. The Hall–Kier alpha value is 0.423. The summed E-state index contributed by atoms with van der Waals surface area (Å²) in [4.78, 5) is 0. The van der Waals surface area contributed by atoms with Gasteiger partial charge in [-0.1, -0.05) is 62.5 Å². The molecule has 0 bridgehead atoms. The zero-order chi connectivity index (χ0) is 18.8. The number of fused-ring (bicyclic) bond motifs is 2. The predicted octanol–water partition coefficient (Wildman–Crippen LogP) is 9.00. The van der Waals surface area contributed by atoms with Crippen molar-refractivity contribution in [1.82, 2.24) is 0 Å². The van der Waals surface area contributed by atoms with Gasteiger partial charge in [-0.15, -0.1) is 0 Å². The Morgan fingerprint density at radius 1 is 0.750 bits per heavy atom. The van der Waals surface area contributed by atoms with Gasteiger partial charge in [0.15, 0.2) is 0 Å². The van der Waals surface area contributed by atoms with E-state index in [1.165, 1.54) is 44.9 Å². The first kappa shape index (κ1) is 28.4. The normalized spacial score (nSPS) is 33.0. The van der Waals surface area contributed by atoms with Gasteiger partial charge in [-0.25, -0.2) is 0 Å². The minimum atomic E-state index is -0.826. The van der Waals surface area contributed by atoms with Crippen LogP contribution in [0.2, 0.25) is 0 Å². The van der Waals surface area contributed by atoms with Crippen molar-refractivity contribution < 1.29 is 20.8 Å². The Morgan fingerprint density at radius 3 is 1.50 bits per heavy atom. The first-order chi connectivity index (χ1) is 12.8. The minimum absolute atomic E-state index is 0. The van der Waals surface area contributed by atoms with Gasteiger partial charge in [0.2, 0.25) is 0 Å². The van der Waals surface area contributed by atoms with E-state index in [9.17, 15) is 0 Å². The number of rotatable bonds is 4. The second-order valence-corrected chi connectivity index (χ2v) is 11.4. The van der Waals surface area contributed by atoms with Crippen LogP contribution in [0.25, 0.3) is 0 Å². The van der Waals surface area contributed by atoms with Crippen LogP contribution in [0.4, 0.5) is 0 Å². The van der Waals surface area contributed by atoms with Gasteiger partial charge in [-0.05, 0) is 74.0 Å². The van der Waals surface area contributed by atoms with Crippen molar-refractivity contribution >= 4 is 17.0 Å². The standard InChI is InChI=1S/C21H28.C2H5.CH4.CH3.2ClH.Zr/c1-3-10-20-16(6-1)12-14-18(20)8-5-9-19-15-13-17-7-2-4-11-21(17)19;1-2;;;;;/h1-4,6-7,10-11,16-21H,5,8-9,12-15H2;1H2,2H3;1H4;1H3;2*1H;/q;-1;;-1;;;+4/p-2. The molecule has 2 fully saturated rings. The molecule has 6 unspecified atom stereocenters. The van der Waals surface area contributed by atoms with E-state index in [-0.39, 0.29) is 14.9 Å². The Labute approximate surface area is 194 Å². The molecular formula is C25H40Cl2Zr. The van der Waals surface area contributed by atoms with Gasteiger partial charge in [0.25, 0.3) is 0 Å². The van der Waals surface area contributed by atoms with E-state index in [4.69, 9.17) is 17.0 Å². The predicted molar refractivity (Wildman–Crippen MR) is 126 cm³/mol. The molecule has 0 amide bonds. The van der Waals surface area contributed by atoms with Gasteiger partial charge >= 0.3 is 37.9 Å². The van der Waals surface area contributed by atoms with E-state index in [0.717, 1.165) is 35.5 Å². The molecule has 0 radical (unpaired) electrons. The molecule has 0 N–H and O–H groups in total. The third-order valence-corrected chi connectivity index (χ3v) is 6.57. The molecule has 4 aliphatic rings. The second-order valence-electron chi connectivity index (χ2n) is 7.70. The van der Waals surface area contributed by atoms with Crippen molar-refractivity contribution in [1.29, 1.82) is 0 Å². The Balaban J connectivity index is 0.000000958. The maximum atomic E-state index is 4.93. The van der Waals surface area contributed by atoms with E-state index >= 15 is 0 Å². The molecule has 0 aromatic heterocycles. The van der Waals surface area contributed by atoms with E-state index in [2.05, 4.69) is 55.5 Å². The van der Waals surface area contributed by atoms with Gasteiger partial charge in [-0.3, -0.25) is 0 Å². The molecule has 3 heteroatoms. The van der Waals surface area contributed by atoms with Crippen LogP contribution >= 0.6 is 17.0 Å². The van der Waals surface area contributed by atoms with Crippen molar-refractivity contribution in [3.63, 3.8) is 0 Å². The van der Waals surface area contributed by atoms with Crippen molar-refractivity contribution in [2.24, 2.45) is 35.5 Å². The van der Waals surface area contributed by atoms with Crippen LogP contribution in [0.3, 0.4) is 0 Å². The summed E-state index contributed by atoms with van der Waals surface area (Å²) in [6, 6.07) is 0. The molecule has 6 atom stereocenters. The van der Waals surface area contributed by atoms with E-state index in [1.54, 1.807) is 6.92 Å². The molecule has 158 valence electrons. The molecular weight excluding hydrogens is 462 g/mol. The Morgan fingerprint density at radius 2 is 1.11 bits per heavy atom. The summed E-state index contributed by atoms with van der Waals surface area (Å²) < 4.78 is 0. The third-order valence-electron chi connectivity index (χ3n) is 6.57. The third kappa shape index (κ3) is 7.92. The average molecular weight is 503 g/mol. The topological polar surface area (TPSA) is 0 Å². The van der Waals surface area contributed by atoms with Gasteiger partial charge < -0.3 is 14.4 Å². The zero-order valence-corrected chi connectivity index (χ0v) is 21.0. The van der Waals surface area contributed by atoms with Crippen LogP contribution in [0.5, 0.6) is 0 Å². The summed E-state index contributed by atoms with van der Waals surface area (Å²) in [6.45, 7) is 5.00. The van der Waals surface area contributed by atoms with E-state index < -0.39 is 20.8 Å². The molecule has 0 aliphatic heterocycles. The van der Waals surface area contributed by atoms with Crippen LogP contribution in [0, 0.1) is 49.9 Å². The molecule has 0 nitrogen and oxygen atoms in total. The van der Waals surface area contributed by atoms with Gasteiger partial charge in [-0.2, -0.15) is 6.92 Å². The average Bonchev–Trinajstić information content (AvgIpc) is 3.29. The summed E-state index contributed by atoms with van der Waals surface area (Å²) in [5, 5.41) is 0. The molecule has 0 aromatic carbocycles. The number of hydrogen-bond donors (Lipinski definition) is 0. The van der Waals surface area contributed by atoms with Crippen LogP contribution in [0.1, 0.15) is 59.3 Å². The second kappa shape index (κ2) is 16.2. The fraction of sp³-hybridized carbons (Fsp3) is 0.600. The molecule has 2 saturated carbocycles. The maximum absolute atomic E-state index is 4.93. The van der Waals surface area contributed by atoms with Gasteiger partial charge in [0.1, 0.15) is 0 Å². The Bertz CT molecular complexity index is 465. The monoisotopic (exact) mass is 500 g/mol. The fourth-order valence-corrected chi connectivity index (χ4v) is 5.45. The number of halogens is 2. The molecule has 0 heterocycles. The van der Waals surface area contributed by atoms with Crippen molar-refractivity contribution in [3.8, 4) is 0 Å². The summed E-state index contributed by atoms with van der Waals surface area (Å²) in [6.07, 6.45) is 29.1. The first-order valence-electron chi connectivity index (χ1n) is 10.2. The number of hydrogen-bond acceptors (Lipinski definition) is 0. The van der Waals surface area contributed by atoms with Crippen molar-refractivity contribution in [2.75, 3.05) is 0 Å². The van der Waals surface area contributed by atoms with Crippen LogP contribution in [-0.2, 0) is 20.8 Å².